The van der Waals surface area contributed by atoms with Gasteiger partial charge in [0.2, 0.25) is 10.0 Å². The zero-order valence-corrected chi connectivity index (χ0v) is 17.4. The molecule has 0 aliphatic rings. The van der Waals surface area contributed by atoms with Crippen LogP contribution in [0, 0.1) is 0 Å². The molecule has 0 saturated heterocycles. The number of aliphatic imine (C=N–C) groups is 1. The Morgan fingerprint density at radius 2 is 2.00 bits per heavy atom. The molecule has 0 saturated carbocycles. The molecular weight excluding hydrogens is 392 g/mol. The number of halogens is 1. The summed E-state index contributed by atoms with van der Waals surface area (Å²) in [4.78, 5) is 4.57. The number of sulfonamides is 1. The van der Waals surface area contributed by atoms with Crippen LogP contribution < -0.4 is 15.4 Å². The molecule has 0 radical (unpaired) electrons. The van der Waals surface area contributed by atoms with Crippen molar-refractivity contribution < 1.29 is 17.9 Å². The van der Waals surface area contributed by atoms with Crippen molar-refractivity contribution in [2.45, 2.75) is 18.2 Å². The van der Waals surface area contributed by atoms with E-state index in [9.17, 15) is 8.42 Å². The van der Waals surface area contributed by atoms with Gasteiger partial charge in [0.1, 0.15) is 0 Å². The van der Waals surface area contributed by atoms with Crippen molar-refractivity contribution in [2.75, 3.05) is 53.1 Å². The van der Waals surface area contributed by atoms with Gasteiger partial charge in [0.05, 0.1) is 18.1 Å². The second-order valence-electron chi connectivity index (χ2n) is 5.50. The van der Waals surface area contributed by atoms with E-state index in [1.54, 1.807) is 19.2 Å². The Morgan fingerprint density at radius 1 is 1.19 bits per heavy atom. The van der Waals surface area contributed by atoms with Gasteiger partial charge in [-0.2, -0.15) is 0 Å². The first kappa shape index (κ1) is 23.6. The van der Waals surface area contributed by atoms with Crippen LogP contribution in [-0.4, -0.2) is 67.5 Å². The molecule has 154 valence electrons. The molecule has 0 amide bonds. The summed E-state index contributed by atoms with van der Waals surface area (Å²) in [6, 6.07) is 6.15. The van der Waals surface area contributed by atoms with Gasteiger partial charge in [-0.05, 0) is 31.5 Å². The minimum Gasteiger partial charge on any atom is -0.382 e. The fourth-order valence-corrected chi connectivity index (χ4v) is 3.36. The molecule has 0 aliphatic heterocycles. The standard InChI is InChI=1S/C17H29ClN4O4S/c1-3-19-17(20-8-5-11-26-13-12-25-2)21-9-10-22-27(23,24)16-7-4-6-15(18)14-16/h4,6-7,14,22H,3,5,8-13H2,1-2H3,(H2,19,20,21). The smallest absolute Gasteiger partial charge is 0.240 e. The van der Waals surface area contributed by atoms with E-state index in [0.717, 1.165) is 6.42 Å². The van der Waals surface area contributed by atoms with Gasteiger partial charge in [-0.15, -0.1) is 0 Å². The third-order valence-corrected chi connectivity index (χ3v) is 5.00. The monoisotopic (exact) mass is 420 g/mol. The van der Waals surface area contributed by atoms with Crippen LogP contribution >= 0.6 is 11.6 Å². The predicted molar refractivity (Wildman–Crippen MR) is 108 cm³/mol. The van der Waals surface area contributed by atoms with E-state index in [4.69, 9.17) is 21.1 Å². The lowest BCUT2D eigenvalue weighted by molar-refractivity contribution is 0.0702. The first-order valence-corrected chi connectivity index (χ1v) is 10.7. The van der Waals surface area contributed by atoms with Crippen LogP contribution in [0.1, 0.15) is 13.3 Å². The van der Waals surface area contributed by atoms with Crippen molar-refractivity contribution in [1.29, 1.82) is 0 Å². The number of ether oxygens (including phenoxy) is 2. The lowest BCUT2D eigenvalue weighted by Gasteiger charge is -2.12. The molecule has 10 heteroatoms. The zero-order chi connectivity index (χ0) is 20.0. The lowest BCUT2D eigenvalue weighted by Crippen LogP contribution is -2.41. The number of guanidine groups is 1. The number of nitrogens with zero attached hydrogens (tertiary/aromatic N) is 1. The molecule has 3 N–H and O–H groups in total. The summed E-state index contributed by atoms with van der Waals surface area (Å²) >= 11 is 5.84. The van der Waals surface area contributed by atoms with Crippen molar-refractivity contribution in [3.8, 4) is 0 Å². The Hall–Kier alpha value is -1.39. The minimum atomic E-state index is -3.59. The van der Waals surface area contributed by atoms with Crippen LogP contribution in [0.15, 0.2) is 34.2 Å². The van der Waals surface area contributed by atoms with Gasteiger partial charge in [0.25, 0.3) is 0 Å². The SMILES string of the molecule is CCNC(=NCCCOCCOC)NCCNS(=O)(=O)c1cccc(Cl)c1. The highest BCUT2D eigenvalue weighted by Gasteiger charge is 2.13. The highest BCUT2D eigenvalue weighted by atomic mass is 35.5. The Bertz CT molecular complexity index is 671. The Kier molecular flexibility index (Phi) is 12.0. The largest absolute Gasteiger partial charge is 0.382 e. The molecule has 1 rings (SSSR count). The van der Waals surface area contributed by atoms with Gasteiger partial charge < -0.3 is 20.1 Å². The number of methoxy groups -OCH3 is 1. The van der Waals surface area contributed by atoms with Crippen molar-refractivity contribution >= 4 is 27.6 Å². The molecule has 0 heterocycles. The molecule has 0 spiro atoms. The van der Waals surface area contributed by atoms with E-state index >= 15 is 0 Å². The molecule has 0 unspecified atom stereocenters. The van der Waals surface area contributed by atoms with E-state index in [1.807, 2.05) is 6.92 Å². The van der Waals surface area contributed by atoms with E-state index in [0.29, 0.717) is 50.4 Å². The number of nitrogens with one attached hydrogen (secondary N) is 3. The van der Waals surface area contributed by atoms with E-state index in [-0.39, 0.29) is 11.4 Å². The normalized spacial score (nSPS) is 12.2. The predicted octanol–water partition coefficient (Wildman–Crippen LogP) is 1.23. The molecule has 0 aromatic heterocycles. The molecule has 0 fully saturated rings. The molecule has 0 atom stereocenters. The maximum absolute atomic E-state index is 12.2. The van der Waals surface area contributed by atoms with Crippen molar-refractivity contribution in [1.82, 2.24) is 15.4 Å². The van der Waals surface area contributed by atoms with Crippen LogP contribution in [0.2, 0.25) is 5.02 Å². The van der Waals surface area contributed by atoms with Gasteiger partial charge in [-0.25, -0.2) is 13.1 Å². The Balaban J connectivity index is 2.34. The maximum atomic E-state index is 12.2. The highest BCUT2D eigenvalue weighted by Crippen LogP contribution is 2.14. The summed E-state index contributed by atoms with van der Waals surface area (Å²) in [6.07, 6.45) is 0.793. The first-order valence-electron chi connectivity index (χ1n) is 8.83. The second kappa shape index (κ2) is 13.7. The molecule has 8 nitrogen and oxygen atoms in total. The third kappa shape index (κ3) is 10.5. The second-order valence-corrected chi connectivity index (χ2v) is 7.70. The molecule has 0 aliphatic carbocycles. The van der Waals surface area contributed by atoms with Crippen molar-refractivity contribution in [3.05, 3.63) is 29.3 Å². The average molecular weight is 421 g/mol. The summed E-state index contributed by atoms with van der Waals surface area (Å²) in [5.74, 6) is 0.636. The maximum Gasteiger partial charge on any atom is 0.240 e. The van der Waals surface area contributed by atoms with Crippen LogP contribution in [0.3, 0.4) is 0 Å². The van der Waals surface area contributed by atoms with Crippen LogP contribution in [0.25, 0.3) is 0 Å². The van der Waals surface area contributed by atoms with Crippen molar-refractivity contribution in [3.63, 3.8) is 0 Å². The topological polar surface area (TPSA) is 101 Å². The molecular formula is C17H29ClN4O4S. The Labute approximate surface area is 166 Å². The third-order valence-electron chi connectivity index (χ3n) is 3.31. The molecule has 0 bridgehead atoms. The summed E-state index contributed by atoms with van der Waals surface area (Å²) in [7, 11) is -1.95. The van der Waals surface area contributed by atoms with E-state index in [2.05, 4.69) is 20.3 Å². The van der Waals surface area contributed by atoms with E-state index < -0.39 is 10.0 Å². The number of rotatable bonds is 13. The van der Waals surface area contributed by atoms with Crippen LogP contribution in [-0.2, 0) is 19.5 Å². The lowest BCUT2D eigenvalue weighted by atomic mass is 10.4. The van der Waals surface area contributed by atoms with Gasteiger partial charge >= 0.3 is 0 Å². The van der Waals surface area contributed by atoms with Gasteiger partial charge in [-0.1, -0.05) is 17.7 Å². The van der Waals surface area contributed by atoms with E-state index in [1.165, 1.54) is 12.1 Å². The fourth-order valence-electron chi connectivity index (χ4n) is 2.03. The molecule has 27 heavy (non-hydrogen) atoms. The first-order chi connectivity index (χ1) is 13.0. The highest BCUT2D eigenvalue weighted by molar-refractivity contribution is 7.89. The quantitative estimate of drug-likeness (QED) is 0.252. The number of hydrogen-bond donors (Lipinski definition) is 3. The van der Waals surface area contributed by atoms with Crippen LogP contribution in [0.4, 0.5) is 0 Å². The van der Waals surface area contributed by atoms with Crippen LogP contribution in [0.5, 0.6) is 0 Å². The molecule has 1 aromatic carbocycles. The Morgan fingerprint density at radius 3 is 2.70 bits per heavy atom. The summed E-state index contributed by atoms with van der Waals surface area (Å²) in [5.41, 5.74) is 0. The number of hydrogen-bond acceptors (Lipinski definition) is 5. The van der Waals surface area contributed by atoms with Gasteiger partial charge in [0.15, 0.2) is 5.96 Å². The van der Waals surface area contributed by atoms with Gasteiger partial charge in [0, 0.05) is 44.9 Å². The van der Waals surface area contributed by atoms with Crippen molar-refractivity contribution in [2.24, 2.45) is 4.99 Å². The zero-order valence-electron chi connectivity index (χ0n) is 15.8. The summed E-state index contributed by atoms with van der Waals surface area (Å²) in [6.45, 7) is 5.68. The molecule has 1 aromatic rings. The summed E-state index contributed by atoms with van der Waals surface area (Å²) < 4.78 is 37.2. The fraction of sp³-hybridized carbons (Fsp3) is 0.588. The van der Waals surface area contributed by atoms with Gasteiger partial charge in [-0.3, -0.25) is 4.99 Å². The average Bonchev–Trinajstić information content (AvgIpc) is 2.64. The summed E-state index contributed by atoms with van der Waals surface area (Å²) in [5, 5.41) is 6.58. The minimum absolute atomic E-state index is 0.143. The number of benzene rings is 1.